The zero-order chi connectivity index (χ0) is 47.5. The summed E-state index contributed by atoms with van der Waals surface area (Å²) in [5.41, 5.74) is 21.3. The van der Waals surface area contributed by atoms with Crippen molar-refractivity contribution in [2.24, 2.45) is 0 Å². The first-order chi connectivity index (χ1) is 34.0. The van der Waals surface area contributed by atoms with E-state index in [1.165, 1.54) is 55.6 Å². The Morgan fingerprint density at radius 1 is 0.329 bits per heavy atom. The second-order valence-electron chi connectivity index (χ2n) is 21.1. The topological polar surface area (TPSA) is 51.8 Å². The van der Waals surface area contributed by atoms with Gasteiger partial charge in [0.05, 0.1) is 5.41 Å². The molecule has 4 heteroatoms. The highest BCUT2D eigenvalue weighted by atomic mass is 16.3. The number of furan rings is 1. The van der Waals surface area contributed by atoms with Crippen molar-refractivity contribution in [3.63, 3.8) is 0 Å². The Morgan fingerprint density at radius 2 is 0.771 bits per heavy atom. The second kappa shape index (κ2) is 15.4. The summed E-state index contributed by atoms with van der Waals surface area (Å²) in [4.78, 5) is 15.5. The van der Waals surface area contributed by atoms with E-state index in [0.29, 0.717) is 17.5 Å². The van der Waals surface area contributed by atoms with Crippen molar-refractivity contribution in [2.75, 3.05) is 0 Å². The monoisotopic (exact) mass is 901 g/mol. The van der Waals surface area contributed by atoms with Crippen LogP contribution in [0.3, 0.4) is 0 Å². The Hall–Kier alpha value is -8.21. The molecule has 0 saturated carbocycles. The summed E-state index contributed by atoms with van der Waals surface area (Å²) in [6, 6.07) is 72.7. The molecule has 0 saturated heterocycles. The van der Waals surface area contributed by atoms with E-state index in [4.69, 9.17) is 19.4 Å². The van der Waals surface area contributed by atoms with Gasteiger partial charge in [0, 0.05) is 38.6 Å². The van der Waals surface area contributed by atoms with Gasteiger partial charge >= 0.3 is 0 Å². The molecule has 2 aromatic heterocycles. The maximum absolute atomic E-state index is 7.20. The average molecular weight is 902 g/mol. The van der Waals surface area contributed by atoms with Gasteiger partial charge in [-0.1, -0.05) is 217 Å². The number of hydrogen-bond acceptors (Lipinski definition) is 4. The van der Waals surface area contributed by atoms with E-state index >= 15 is 0 Å². The first-order valence-corrected chi connectivity index (χ1v) is 24.4. The molecule has 1 spiro atoms. The molecule has 0 bridgehead atoms. The van der Waals surface area contributed by atoms with Gasteiger partial charge in [-0.05, 0) is 102 Å². The zero-order valence-electron chi connectivity index (χ0n) is 40.3. The summed E-state index contributed by atoms with van der Waals surface area (Å²) < 4.78 is 7.20. The first-order valence-electron chi connectivity index (χ1n) is 24.4. The molecule has 2 aliphatic rings. The molecular weight excluding hydrogens is 851 g/mol. The van der Waals surface area contributed by atoms with Crippen molar-refractivity contribution in [1.82, 2.24) is 15.0 Å². The predicted octanol–water partition coefficient (Wildman–Crippen LogP) is 17.0. The van der Waals surface area contributed by atoms with Crippen LogP contribution in [0, 0.1) is 0 Å². The third-order valence-electron chi connectivity index (χ3n) is 14.8. The standard InChI is InChI=1S/C66H51N3O/c1-64(2,3)55-36-35-50(63-68-61(42-19-9-7-10-20-42)67-62(69-63)43-21-11-8-12-22-43)58-51-37-45(39-57(65(4,5)6)59(51)70-60(55)58)41-31-29-40(30-32-41)44-33-34-49-48-25-15-18-28-54(48)66(56(49)38-44)52-26-16-13-23-46(52)47-24-14-17-27-53(47)66/h7-39H,1-6H3. The maximum atomic E-state index is 7.20. The molecule has 11 aromatic rings. The van der Waals surface area contributed by atoms with Crippen LogP contribution in [0.4, 0.5) is 0 Å². The van der Waals surface area contributed by atoms with Crippen molar-refractivity contribution in [1.29, 1.82) is 0 Å². The number of hydrogen-bond donors (Lipinski definition) is 0. The van der Waals surface area contributed by atoms with Crippen molar-refractivity contribution in [3.05, 3.63) is 234 Å². The summed E-state index contributed by atoms with van der Waals surface area (Å²) in [6.07, 6.45) is 0. The summed E-state index contributed by atoms with van der Waals surface area (Å²) in [7, 11) is 0. The summed E-state index contributed by atoms with van der Waals surface area (Å²) in [5.74, 6) is 1.86. The maximum Gasteiger partial charge on any atom is 0.164 e. The van der Waals surface area contributed by atoms with Crippen molar-refractivity contribution < 1.29 is 4.42 Å². The Labute approximate surface area is 409 Å². The lowest BCUT2D eigenvalue weighted by molar-refractivity contribution is 0.557. The normalized spacial score (nSPS) is 13.4. The third kappa shape index (κ3) is 6.32. The van der Waals surface area contributed by atoms with Gasteiger partial charge in [-0.2, -0.15) is 0 Å². The van der Waals surface area contributed by atoms with Gasteiger partial charge in [0.1, 0.15) is 11.2 Å². The minimum Gasteiger partial charge on any atom is -0.455 e. The van der Waals surface area contributed by atoms with Gasteiger partial charge in [0.15, 0.2) is 17.5 Å². The second-order valence-corrected chi connectivity index (χ2v) is 21.1. The van der Waals surface area contributed by atoms with Crippen molar-refractivity contribution in [2.45, 2.75) is 57.8 Å². The smallest absolute Gasteiger partial charge is 0.164 e. The number of fused-ring (bicyclic) bond motifs is 13. The van der Waals surface area contributed by atoms with E-state index < -0.39 is 0 Å². The number of benzene rings is 9. The average Bonchev–Trinajstić information content (AvgIpc) is 4.02. The third-order valence-corrected chi connectivity index (χ3v) is 14.8. The van der Waals surface area contributed by atoms with E-state index in [1.54, 1.807) is 0 Å². The lowest BCUT2D eigenvalue weighted by Gasteiger charge is -2.30. The van der Waals surface area contributed by atoms with Gasteiger partial charge in [-0.15, -0.1) is 0 Å². The highest BCUT2D eigenvalue weighted by molar-refractivity contribution is 6.15. The van der Waals surface area contributed by atoms with Crippen molar-refractivity contribution in [3.8, 4) is 78.7 Å². The molecule has 0 N–H and O–H groups in total. The lowest BCUT2D eigenvalue weighted by atomic mass is 9.70. The van der Waals surface area contributed by atoms with Gasteiger partial charge in [-0.25, -0.2) is 15.0 Å². The molecule has 0 amide bonds. The lowest BCUT2D eigenvalue weighted by Crippen LogP contribution is -2.25. The van der Waals surface area contributed by atoms with E-state index in [0.717, 1.165) is 60.9 Å². The number of nitrogens with zero attached hydrogens (tertiary/aromatic N) is 3. The summed E-state index contributed by atoms with van der Waals surface area (Å²) in [6.45, 7) is 13.6. The minimum absolute atomic E-state index is 0.195. The van der Waals surface area contributed by atoms with Gasteiger partial charge < -0.3 is 4.42 Å². The van der Waals surface area contributed by atoms with Crippen LogP contribution in [0.25, 0.3) is 101 Å². The van der Waals surface area contributed by atoms with Crippen LogP contribution in [0.2, 0.25) is 0 Å². The number of aromatic nitrogens is 3. The van der Waals surface area contributed by atoms with Crippen LogP contribution in [-0.4, -0.2) is 15.0 Å². The largest absolute Gasteiger partial charge is 0.455 e. The van der Waals surface area contributed by atoms with Crippen LogP contribution in [0.5, 0.6) is 0 Å². The highest BCUT2D eigenvalue weighted by Gasteiger charge is 2.51. The molecule has 4 nitrogen and oxygen atoms in total. The molecule has 2 heterocycles. The fourth-order valence-electron chi connectivity index (χ4n) is 11.5. The van der Waals surface area contributed by atoms with E-state index in [-0.39, 0.29) is 16.2 Å². The molecule has 0 atom stereocenters. The minimum atomic E-state index is -0.388. The molecule has 2 aliphatic carbocycles. The fraction of sp³-hybridized carbons (Fsp3) is 0.136. The SMILES string of the molecule is CC(C)(C)c1cc(-c2ccc(-c3ccc4c(c3)C3(c5ccccc5-c5ccccc53)c3ccccc3-4)cc2)cc2c1oc1c(C(C)(C)C)ccc(-c3nc(-c4ccccc4)nc(-c4ccccc4)n3)c12. The van der Waals surface area contributed by atoms with Gasteiger partial charge in [-0.3, -0.25) is 0 Å². The van der Waals surface area contributed by atoms with E-state index in [9.17, 15) is 0 Å². The quantitative estimate of drug-likeness (QED) is 0.173. The fourth-order valence-corrected chi connectivity index (χ4v) is 11.5. The Balaban J connectivity index is 0.980. The van der Waals surface area contributed by atoms with Crippen molar-refractivity contribution >= 4 is 21.9 Å². The van der Waals surface area contributed by atoms with Gasteiger partial charge in [0.25, 0.3) is 0 Å². The predicted molar refractivity (Wildman–Crippen MR) is 288 cm³/mol. The molecule has 336 valence electrons. The summed E-state index contributed by atoms with van der Waals surface area (Å²) >= 11 is 0. The molecule has 0 radical (unpaired) electrons. The van der Waals surface area contributed by atoms with Crippen LogP contribution < -0.4 is 0 Å². The Bertz CT molecular complexity index is 3770. The van der Waals surface area contributed by atoms with Crippen LogP contribution in [0.15, 0.2) is 205 Å². The Kier molecular flexibility index (Phi) is 9.23. The summed E-state index contributed by atoms with van der Waals surface area (Å²) in [5, 5.41) is 2.06. The molecule has 0 fully saturated rings. The molecule has 9 aromatic carbocycles. The van der Waals surface area contributed by atoms with E-state index in [1.807, 2.05) is 36.4 Å². The van der Waals surface area contributed by atoms with E-state index in [2.05, 4.69) is 205 Å². The highest BCUT2D eigenvalue weighted by Crippen LogP contribution is 2.63. The molecular formula is C66H51N3O. The Morgan fingerprint density at radius 3 is 1.30 bits per heavy atom. The molecule has 13 rings (SSSR count). The van der Waals surface area contributed by atoms with Crippen LogP contribution in [-0.2, 0) is 16.2 Å². The van der Waals surface area contributed by atoms with Gasteiger partial charge in [0.2, 0.25) is 0 Å². The molecule has 70 heavy (non-hydrogen) atoms. The zero-order valence-corrected chi connectivity index (χ0v) is 40.3. The van der Waals surface area contributed by atoms with Crippen LogP contribution in [0.1, 0.15) is 74.9 Å². The number of rotatable bonds is 5. The van der Waals surface area contributed by atoms with Crippen LogP contribution >= 0.6 is 0 Å². The molecule has 0 aliphatic heterocycles. The molecule has 0 unspecified atom stereocenters. The first kappa shape index (κ1) is 41.9.